The number of alkyl halides is 3. The largest absolute Gasteiger partial charge is 0.534 e. The number of benzene rings is 1. The van der Waals surface area contributed by atoms with Crippen molar-refractivity contribution >= 4 is 15.8 Å². The van der Waals surface area contributed by atoms with Crippen LogP contribution in [-0.4, -0.2) is 25.5 Å². The summed E-state index contributed by atoms with van der Waals surface area (Å²) in [5, 5.41) is 11.0. The average Bonchev–Trinajstić information content (AvgIpc) is 2.46. The van der Waals surface area contributed by atoms with E-state index in [1.807, 2.05) is 0 Å². The van der Waals surface area contributed by atoms with Crippen molar-refractivity contribution in [2.45, 2.75) is 18.0 Å². The molecule has 126 valence electrons. The van der Waals surface area contributed by atoms with Crippen LogP contribution in [0.25, 0.3) is 0 Å². The molecule has 1 aromatic carbocycles. The van der Waals surface area contributed by atoms with Crippen molar-refractivity contribution in [2.24, 2.45) is 0 Å². The molecule has 0 N–H and O–H groups in total. The van der Waals surface area contributed by atoms with E-state index < -0.39 is 32.4 Å². The van der Waals surface area contributed by atoms with Crippen LogP contribution in [0.15, 0.2) is 36.1 Å². The van der Waals surface area contributed by atoms with Crippen molar-refractivity contribution in [3.63, 3.8) is 0 Å². The number of nitrogens with zero attached hydrogens (tertiary/aromatic N) is 1. The third-order valence-electron chi connectivity index (χ3n) is 2.92. The molecule has 1 aliphatic rings. The van der Waals surface area contributed by atoms with E-state index in [0.717, 1.165) is 6.08 Å². The first kappa shape index (κ1) is 17.2. The zero-order valence-corrected chi connectivity index (χ0v) is 12.1. The number of para-hydroxylation sites is 1. The van der Waals surface area contributed by atoms with Gasteiger partial charge in [0.05, 0.1) is 17.1 Å². The molecule has 0 spiro atoms. The first-order chi connectivity index (χ1) is 10.6. The summed E-state index contributed by atoms with van der Waals surface area (Å²) < 4.78 is 68.3. The second-order valence-corrected chi connectivity index (χ2v) is 6.01. The Kier molecular flexibility index (Phi) is 4.61. The SMILES string of the molecule is O=[N+]([O-])c1ccccc1C1C=C(OS(=O)(=O)C(F)(F)F)CCO1. The van der Waals surface area contributed by atoms with E-state index in [1.165, 1.54) is 24.3 Å². The van der Waals surface area contributed by atoms with Gasteiger partial charge in [-0.2, -0.15) is 21.6 Å². The molecule has 0 aliphatic carbocycles. The fourth-order valence-corrected chi connectivity index (χ4v) is 2.43. The molecule has 1 atom stereocenters. The highest BCUT2D eigenvalue weighted by Gasteiger charge is 2.49. The molecule has 1 aromatic rings. The topological polar surface area (TPSA) is 95.7 Å². The monoisotopic (exact) mass is 353 g/mol. The lowest BCUT2D eigenvalue weighted by Gasteiger charge is -2.22. The number of hydrogen-bond donors (Lipinski definition) is 0. The third kappa shape index (κ3) is 3.79. The van der Waals surface area contributed by atoms with Gasteiger partial charge in [-0.05, 0) is 12.1 Å². The van der Waals surface area contributed by atoms with Gasteiger partial charge in [-0.15, -0.1) is 0 Å². The molecule has 1 heterocycles. The van der Waals surface area contributed by atoms with Crippen molar-refractivity contribution in [3.05, 3.63) is 51.8 Å². The molecular formula is C12H10F3NO6S. The summed E-state index contributed by atoms with van der Waals surface area (Å²) in [5.74, 6) is -0.475. The van der Waals surface area contributed by atoms with Crippen LogP contribution in [0.5, 0.6) is 0 Å². The minimum Gasteiger partial charge on any atom is -0.381 e. The maximum Gasteiger partial charge on any atom is 0.534 e. The fourth-order valence-electron chi connectivity index (χ4n) is 1.92. The summed E-state index contributed by atoms with van der Waals surface area (Å²) in [5.41, 5.74) is -5.77. The number of rotatable bonds is 4. The second kappa shape index (κ2) is 6.16. The summed E-state index contributed by atoms with van der Waals surface area (Å²) >= 11 is 0. The molecule has 7 nitrogen and oxygen atoms in total. The summed E-state index contributed by atoms with van der Waals surface area (Å²) in [7, 11) is -5.79. The molecular weight excluding hydrogens is 343 g/mol. The van der Waals surface area contributed by atoms with Gasteiger partial charge in [0.15, 0.2) is 0 Å². The lowest BCUT2D eigenvalue weighted by Crippen LogP contribution is -2.26. The Morgan fingerprint density at radius 2 is 1.96 bits per heavy atom. The zero-order chi connectivity index (χ0) is 17.3. The number of nitro benzene ring substituents is 1. The lowest BCUT2D eigenvalue weighted by atomic mass is 10.0. The number of halogens is 3. The molecule has 0 radical (unpaired) electrons. The molecule has 0 amide bonds. The van der Waals surface area contributed by atoms with Crippen molar-refractivity contribution in [1.82, 2.24) is 0 Å². The molecule has 1 unspecified atom stereocenters. The van der Waals surface area contributed by atoms with Crippen LogP contribution in [0.4, 0.5) is 18.9 Å². The Morgan fingerprint density at radius 1 is 1.30 bits per heavy atom. The van der Waals surface area contributed by atoms with Gasteiger partial charge in [0.25, 0.3) is 5.69 Å². The summed E-state index contributed by atoms with van der Waals surface area (Å²) in [6, 6.07) is 5.47. The van der Waals surface area contributed by atoms with Crippen molar-refractivity contribution in [1.29, 1.82) is 0 Å². The maximum absolute atomic E-state index is 12.3. The van der Waals surface area contributed by atoms with Gasteiger partial charge < -0.3 is 8.92 Å². The van der Waals surface area contributed by atoms with Crippen LogP contribution in [-0.2, 0) is 19.0 Å². The van der Waals surface area contributed by atoms with Crippen molar-refractivity contribution in [3.8, 4) is 0 Å². The predicted octanol–water partition coefficient (Wildman–Crippen LogP) is 2.81. The number of nitro groups is 1. The molecule has 0 aromatic heterocycles. The summed E-state index contributed by atoms with van der Waals surface area (Å²) in [6.07, 6.45) is -0.301. The molecule has 1 aliphatic heterocycles. The second-order valence-electron chi connectivity index (χ2n) is 4.47. The molecule has 2 rings (SSSR count). The first-order valence-corrected chi connectivity index (χ1v) is 7.59. The van der Waals surface area contributed by atoms with E-state index in [4.69, 9.17) is 4.74 Å². The van der Waals surface area contributed by atoms with Crippen LogP contribution in [0.1, 0.15) is 18.1 Å². The molecule has 0 bridgehead atoms. The molecule has 23 heavy (non-hydrogen) atoms. The maximum atomic E-state index is 12.3. The van der Waals surface area contributed by atoms with E-state index >= 15 is 0 Å². The van der Waals surface area contributed by atoms with Crippen molar-refractivity contribution < 1.29 is 35.4 Å². The van der Waals surface area contributed by atoms with E-state index in [2.05, 4.69) is 4.18 Å². The smallest absolute Gasteiger partial charge is 0.381 e. The minimum absolute atomic E-state index is 0.0858. The van der Waals surface area contributed by atoms with Gasteiger partial charge in [0.2, 0.25) is 0 Å². The Morgan fingerprint density at radius 3 is 2.57 bits per heavy atom. The Hall–Kier alpha value is -2.14. The van der Waals surface area contributed by atoms with Gasteiger partial charge in [0.1, 0.15) is 11.9 Å². The molecule has 0 saturated heterocycles. The average molecular weight is 353 g/mol. The van der Waals surface area contributed by atoms with Crippen LogP contribution in [0.2, 0.25) is 0 Å². The fraction of sp³-hybridized carbons (Fsp3) is 0.333. The Balaban J connectivity index is 2.32. The van der Waals surface area contributed by atoms with E-state index in [9.17, 15) is 31.7 Å². The van der Waals surface area contributed by atoms with Gasteiger partial charge in [-0.1, -0.05) is 12.1 Å². The lowest BCUT2D eigenvalue weighted by molar-refractivity contribution is -0.386. The zero-order valence-electron chi connectivity index (χ0n) is 11.3. The van der Waals surface area contributed by atoms with Crippen LogP contribution >= 0.6 is 0 Å². The van der Waals surface area contributed by atoms with E-state index in [0.29, 0.717) is 0 Å². The van der Waals surface area contributed by atoms with Gasteiger partial charge in [-0.3, -0.25) is 10.1 Å². The van der Waals surface area contributed by atoms with Crippen LogP contribution in [0, 0.1) is 10.1 Å². The highest BCUT2D eigenvalue weighted by atomic mass is 32.2. The standard InChI is InChI=1S/C12H10F3NO6S/c13-12(14,15)23(19,20)22-8-5-6-21-11(7-8)9-3-1-2-4-10(9)16(17)18/h1-4,7,11H,5-6H2. The van der Waals surface area contributed by atoms with Crippen LogP contribution in [0.3, 0.4) is 0 Å². The normalized spacial score (nSPS) is 19.1. The van der Waals surface area contributed by atoms with Crippen LogP contribution < -0.4 is 0 Å². The Bertz CT molecular complexity index is 743. The minimum atomic E-state index is -5.79. The first-order valence-electron chi connectivity index (χ1n) is 6.18. The molecule has 0 fully saturated rings. The van der Waals surface area contributed by atoms with Gasteiger partial charge in [-0.25, -0.2) is 0 Å². The highest BCUT2D eigenvalue weighted by molar-refractivity contribution is 7.87. The van der Waals surface area contributed by atoms with Gasteiger partial charge >= 0.3 is 15.6 Å². The molecule has 11 heteroatoms. The summed E-state index contributed by atoms with van der Waals surface area (Å²) in [4.78, 5) is 10.3. The molecule has 0 saturated carbocycles. The highest BCUT2D eigenvalue weighted by Crippen LogP contribution is 2.34. The van der Waals surface area contributed by atoms with Gasteiger partial charge in [0, 0.05) is 12.5 Å². The third-order valence-corrected chi connectivity index (χ3v) is 3.92. The van der Waals surface area contributed by atoms with Crippen molar-refractivity contribution in [2.75, 3.05) is 6.61 Å². The van der Waals surface area contributed by atoms with E-state index in [1.54, 1.807) is 0 Å². The summed E-state index contributed by atoms with van der Waals surface area (Å²) in [6.45, 7) is -0.143. The Labute approximate surface area is 128 Å². The predicted molar refractivity (Wildman–Crippen MR) is 70.5 cm³/mol. The quantitative estimate of drug-likeness (QED) is 0.357. The van der Waals surface area contributed by atoms with E-state index in [-0.39, 0.29) is 24.3 Å². The number of hydrogen-bond acceptors (Lipinski definition) is 6. The number of ether oxygens (including phenoxy) is 1.